The summed E-state index contributed by atoms with van der Waals surface area (Å²) in [4.78, 5) is 19.9. The van der Waals surface area contributed by atoms with Crippen LogP contribution in [0.3, 0.4) is 0 Å². The Hall–Kier alpha value is -2.53. The Labute approximate surface area is 182 Å². The standard InChI is InChI=1S/C19H23BrN8O2/c20-13-10-21-18(22-11-13)25-14-1-3-15(4-2-14)30-19-26-17(27-5-7-29-8-6-27)9-16-23-12-24-28(16)19/h9-12,14-15H,1-8H2,(H,21,22,25). The van der Waals surface area contributed by atoms with E-state index in [0.29, 0.717) is 31.2 Å². The molecule has 3 aromatic rings. The molecule has 0 spiro atoms. The highest BCUT2D eigenvalue weighted by Crippen LogP contribution is 2.26. The van der Waals surface area contributed by atoms with Crippen molar-refractivity contribution < 1.29 is 9.47 Å². The molecular weight excluding hydrogens is 452 g/mol. The lowest BCUT2D eigenvalue weighted by Gasteiger charge is -2.30. The summed E-state index contributed by atoms with van der Waals surface area (Å²) in [6, 6.07) is 2.79. The van der Waals surface area contributed by atoms with Crippen LogP contribution in [-0.2, 0) is 4.74 Å². The molecule has 2 aliphatic rings. The van der Waals surface area contributed by atoms with Crippen molar-refractivity contribution in [1.82, 2.24) is 29.5 Å². The lowest BCUT2D eigenvalue weighted by atomic mass is 9.93. The SMILES string of the molecule is Brc1cnc(NC2CCC(Oc3nc(N4CCOCC4)cc4ncnn34)CC2)nc1. The molecule has 1 saturated carbocycles. The third kappa shape index (κ3) is 4.31. The van der Waals surface area contributed by atoms with Crippen LogP contribution in [0, 0.1) is 0 Å². The molecule has 5 rings (SSSR count). The Kier molecular flexibility index (Phi) is 5.63. The molecule has 0 radical (unpaired) electrons. The number of hydrogen-bond acceptors (Lipinski definition) is 9. The minimum atomic E-state index is 0.0914. The van der Waals surface area contributed by atoms with Gasteiger partial charge in [0.2, 0.25) is 5.95 Å². The van der Waals surface area contributed by atoms with Crippen molar-refractivity contribution >= 4 is 33.3 Å². The minimum Gasteiger partial charge on any atom is -0.460 e. The van der Waals surface area contributed by atoms with Gasteiger partial charge in [-0.05, 0) is 41.6 Å². The summed E-state index contributed by atoms with van der Waals surface area (Å²) in [6.07, 6.45) is 8.93. The summed E-state index contributed by atoms with van der Waals surface area (Å²) >= 11 is 3.36. The van der Waals surface area contributed by atoms with E-state index in [1.807, 2.05) is 6.07 Å². The summed E-state index contributed by atoms with van der Waals surface area (Å²) < 4.78 is 14.3. The van der Waals surface area contributed by atoms with Crippen molar-refractivity contribution in [3.05, 3.63) is 29.3 Å². The number of halogens is 1. The molecule has 0 bridgehead atoms. The molecule has 0 atom stereocenters. The largest absolute Gasteiger partial charge is 0.460 e. The second-order valence-corrected chi connectivity index (χ2v) is 8.40. The van der Waals surface area contributed by atoms with Crippen molar-refractivity contribution in [2.24, 2.45) is 0 Å². The number of fused-ring (bicyclic) bond motifs is 1. The number of hydrogen-bond donors (Lipinski definition) is 1. The fourth-order valence-electron chi connectivity index (χ4n) is 3.86. The van der Waals surface area contributed by atoms with Gasteiger partial charge >= 0.3 is 6.01 Å². The maximum atomic E-state index is 6.30. The molecule has 4 heterocycles. The van der Waals surface area contributed by atoms with Gasteiger partial charge in [-0.2, -0.15) is 14.6 Å². The zero-order valence-electron chi connectivity index (χ0n) is 16.4. The average molecular weight is 475 g/mol. The van der Waals surface area contributed by atoms with Crippen LogP contribution in [0.15, 0.2) is 29.3 Å². The first kappa shape index (κ1) is 19.4. The topological polar surface area (TPSA) is 103 Å². The van der Waals surface area contributed by atoms with Crippen molar-refractivity contribution in [3.8, 4) is 6.01 Å². The van der Waals surface area contributed by atoms with Crippen molar-refractivity contribution in [2.45, 2.75) is 37.8 Å². The van der Waals surface area contributed by atoms with E-state index in [2.05, 4.69) is 46.2 Å². The van der Waals surface area contributed by atoms with E-state index < -0.39 is 0 Å². The fraction of sp³-hybridized carbons (Fsp3) is 0.526. The number of anilines is 2. The summed E-state index contributed by atoms with van der Waals surface area (Å²) in [5.74, 6) is 1.52. The van der Waals surface area contributed by atoms with Gasteiger partial charge in [0.25, 0.3) is 0 Å². The van der Waals surface area contributed by atoms with E-state index in [0.717, 1.165) is 54.7 Å². The maximum Gasteiger partial charge on any atom is 0.321 e. The number of aromatic nitrogens is 6. The number of ether oxygens (including phenoxy) is 2. The smallest absolute Gasteiger partial charge is 0.321 e. The van der Waals surface area contributed by atoms with Gasteiger partial charge in [0.1, 0.15) is 18.2 Å². The van der Waals surface area contributed by atoms with Gasteiger partial charge in [-0.25, -0.2) is 15.0 Å². The monoisotopic (exact) mass is 474 g/mol. The number of nitrogens with one attached hydrogen (secondary N) is 1. The normalized spacial score (nSPS) is 22.2. The van der Waals surface area contributed by atoms with Crippen LogP contribution in [0.4, 0.5) is 11.8 Å². The molecule has 0 aromatic carbocycles. The van der Waals surface area contributed by atoms with Crippen LogP contribution in [0.1, 0.15) is 25.7 Å². The Morgan fingerprint density at radius 3 is 2.60 bits per heavy atom. The molecular formula is C19H23BrN8O2. The van der Waals surface area contributed by atoms with E-state index in [1.54, 1.807) is 16.9 Å². The van der Waals surface area contributed by atoms with E-state index in [9.17, 15) is 0 Å². The van der Waals surface area contributed by atoms with Gasteiger partial charge in [0.15, 0.2) is 5.65 Å². The molecule has 30 heavy (non-hydrogen) atoms. The molecule has 2 fully saturated rings. The molecule has 158 valence electrons. The molecule has 11 heteroatoms. The Balaban J connectivity index is 1.24. The lowest BCUT2D eigenvalue weighted by molar-refractivity contribution is 0.121. The van der Waals surface area contributed by atoms with Gasteiger partial charge in [-0.1, -0.05) is 0 Å². The molecule has 0 unspecified atom stereocenters. The number of nitrogens with zero attached hydrogens (tertiary/aromatic N) is 7. The molecule has 10 nitrogen and oxygen atoms in total. The average Bonchev–Trinajstić information content (AvgIpc) is 3.26. The first-order valence-corrected chi connectivity index (χ1v) is 11.0. The molecule has 1 N–H and O–H groups in total. The molecule has 3 aromatic heterocycles. The first-order valence-electron chi connectivity index (χ1n) is 10.2. The van der Waals surface area contributed by atoms with Gasteiger partial charge in [0.05, 0.1) is 17.7 Å². The van der Waals surface area contributed by atoms with Crippen LogP contribution >= 0.6 is 15.9 Å². The van der Waals surface area contributed by atoms with Crippen LogP contribution in [0.2, 0.25) is 0 Å². The second-order valence-electron chi connectivity index (χ2n) is 7.49. The van der Waals surface area contributed by atoms with E-state index >= 15 is 0 Å². The minimum absolute atomic E-state index is 0.0914. The van der Waals surface area contributed by atoms with Crippen LogP contribution in [0.25, 0.3) is 5.65 Å². The highest BCUT2D eigenvalue weighted by atomic mass is 79.9. The predicted octanol–water partition coefficient (Wildman–Crippen LogP) is 2.32. The Morgan fingerprint density at radius 1 is 1.07 bits per heavy atom. The van der Waals surface area contributed by atoms with Gasteiger partial charge in [-0.15, -0.1) is 0 Å². The highest BCUT2D eigenvalue weighted by molar-refractivity contribution is 9.10. The van der Waals surface area contributed by atoms with Gasteiger partial charge < -0.3 is 19.7 Å². The highest BCUT2D eigenvalue weighted by Gasteiger charge is 2.25. The van der Waals surface area contributed by atoms with Crippen LogP contribution < -0.4 is 15.0 Å². The fourth-order valence-corrected chi connectivity index (χ4v) is 4.07. The molecule has 1 aliphatic carbocycles. The second kappa shape index (κ2) is 8.68. The molecule has 1 aliphatic heterocycles. The summed E-state index contributed by atoms with van der Waals surface area (Å²) in [6.45, 7) is 3.03. The summed E-state index contributed by atoms with van der Waals surface area (Å²) in [5, 5.41) is 7.70. The zero-order valence-corrected chi connectivity index (χ0v) is 18.0. The third-order valence-corrected chi connectivity index (χ3v) is 5.87. The van der Waals surface area contributed by atoms with Crippen molar-refractivity contribution in [1.29, 1.82) is 0 Å². The van der Waals surface area contributed by atoms with Crippen molar-refractivity contribution in [3.63, 3.8) is 0 Å². The molecule has 1 saturated heterocycles. The number of rotatable bonds is 5. The van der Waals surface area contributed by atoms with Gasteiger partial charge in [0, 0.05) is 37.6 Å². The maximum absolute atomic E-state index is 6.30. The summed E-state index contributed by atoms with van der Waals surface area (Å²) in [7, 11) is 0. The van der Waals surface area contributed by atoms with Crippen LogP contribution in [0.5, 0.6) is 6.01 Å². The predicted molar refractivity (Wildman–Crippen MR) is 114 cm³/mol. The van der Waals surface area contributed by atoms with E-state index in [1.165, 1.54) is 6.33 Å². The molecule has 0 amide bonds. The first-order chi connectivity index (χ1) is 14.7. The quantitative estimate of drug-likeness (QED) is 0.596. The lowest BCUT2D eigenvalue weighted by Crippen LogP contribution is -2.37. The number of morpholine rings is 1. The Morgan fingerprint density at radius 2 is 1.83 bits per heavy atom. The summed E-state index contributed by atoms with van der Waals surface area (Å²) in [5.41, 5.74) is 0.740. The van der Waals surface area contributed by atoms with E-state index in [4.69, 9.17) is 14.5 Å². The van der Waals surface area contributed by atoms with Gasteiger partial charge in [-0.3, -0.25) is 0 Å². The van der Waals surface area contributed by atoms with Crippen LogP contribution in [-0.4, -0.2) is 68.0 Å². The van der Waals surface area contributed by atoms with E-state index in [-0.39, 0.29) is 6.10 Å². The third-order valence-electron chi connectivity index (χ3n) is 5.46. The van der Waals surface area contributed by atoms with Crippen molar-refractivity contribution in [2.75, 3.05) is 36.5 Å². The Bertz CT molecular complexity index is 984. The zero-order chi connectivity index (χ0) is 20.3.